The van der Waals surface area contributed by atoms with E-state index in [0.717, 1.165) is 17.7 Å². The summed E-state index contributed by atoms with van der Waals surface area (Å²) in [5.74, 6) is 1.53. The van der Waals surface area contributed by atoms with Gasteiger partial charge in [0.05, 0.1) is 7.11 Å². The van der Waals surface area contributed by atoms with Crippen LogP contribution in [0.3, 0.4) is 0 Å². The molecule has 0 bridgehead atoms. The largest absolute Gasteiger partial charge is 0.504 e. The molecule has 1 heterocycles. The third kappa shape index (κ3) is 3.54. The van der Waals surface area contributed by atoms with Crippen LogP contribution in [0.4, 0.5) is 0 Å². The molecule has 0 saturated heterocycles. The summed E-state index contributed by atoms with van der Waals surface area (Å²) in [4.78, 5) is 9.01. The number of methoxy groups -OCH3 is 1. The van der Waals surface area contributed by atoms with Crippen LogP contribution < -0.4 is 4.74 Å². The number of phenols is 1. The first-order valence-electron chi connectivity index (χ1n) is 7.91. The highest BCUT2D eigenvalue weighted by molar-refractivity contribution is 5.60. The predicted molar refractivity (Wildman–Crippen MR) is 94.2 cm³/mol. The Kier molecular flexibility index (Phi) is 4.75. The lowest BCUT2D eigenvalue weighted by molar-refractivity contribution is 0.373. The summed E-state index contributed by atoms with van der Waals surface area (Å²) in [6, 6.07) is 17.5. The van der Waals surface area contributed by atoms with E-state index in [1.54, 1.807) is 24.4 Å². The maximum atomic E-state index is 9.72. The average molecular weight is 320 g/mol. The van der Waals surface area contributed by atoms with Crippen LogP contribution in [0.1, 0.15) is 24.1 Å². The number of aromatic nitrogens is 2. The van der Waals surface area contributed by atoms with E-state index in [1.165, 1.54) is 12.7 Å². The Hall–Kier alpha value is -2.88. The quantitative estimate of drug-likeness (QED) is 0.765. The lowest BCUT2D eigenvalue weighted by Crippen LogP contribution is -2.02. The number of hydrogen-bond acceptors (Lipinski definition) is 4. The molecule has 0 unspecified atom stereocenters. The molecule has 0 aliphatic heterocycles. The summed E-state index contributed by atoms with van der Waals surface area (Å²) in [6.07, 6.45) is 2.61. The second-order valence-corrected chi connectivity index (χ2v) is 5.77. The Bertz CT molecular complexity index is 819. The maximum Gasteiger partial charge on any atom is 0.161 e. The van der Waals surface area contributed by atoms with Crippen molar-refractivity contribution in [2.24, 2.45) is 0 Å². The van der Waals surface area contributed by atoms with E-state index in [-0.39, 0.29) is 5.75 Å². The van der Waals surface area contributed by atoms with E-state index >= 15 is 0 Å². The van der Waals surface area contributed by atoms with Crippen LogP contribution in [0.15, 0.2) is 60.8 Å². The number of benzene rings is 2. The van der Waals surface area contributed by atoms with Crippen molar-refractivity contribution in [2.45, 2.75) is 19.3 Å². The van der Waals surface area contributed by atoms with Crippen LogP contribution in [-0.4, -0.2) is 22.2 Å². The van der Waals surface area contributed by atoms with E-state index in [0.29, 0.717) is 17.5 Å². The Morgan fingerprint density at radius 3 is 2.62 bits per heavy atom. The van der Waals surface area contributed by atoms with Gasteiger partial charge < -0.3 is 9.84 Å². The van der Waals surface area contributed by atoms with Gasteiger partial charge in [-0.2, -0.15) is 0 Å². The summed E-state index contributed by atoms with van der Waals surface area (Å²) in [7, 11) is 1.53. The number of nitrogens with zero attached hydrogens (tertiary/aromatic N) is 2. The lowest BCUT2D eigenvalue weighted by atomic mass is 9.96. The molecule has 0 aliphatic carbocycles. The first kappa shape index (κ1) is 16.0. The minimum Gasteiger partial charge on any atom is -0.504 e. The normalized spacial score (nSPS) is 11.9. The van der Waals surface area contributed by atoms with Crippen LogP contribution in [0.2, 0.25) is 0 Å². The Morgan fingerprint density at radius 2 is 1.88 bits per heavy atom. The Balaban J connectivity index is 1.84. The van der Waals surface area contributed by atoms with E-state index in [9.17, 15) is 5.11 Å². The minimum absolute atomic E-state index is 0.107. The Labute approximate surface area is 141 Å². The van der Waals surface area contributed by atoms with E-state index < -0.39 is 0 Å². The molecule has 0 radical (unpaired) electrons. The molecule has 0 amide bonds. The highest BCUT2D eigenvalue weighted by Crippen LogP contribution is 2.30. The number of rotatable bonds is 5. The second kappa shape index (κ2) is 7.13. The second-order valence-electron chi connectivity index (χ2n) is 5.77. The molecule has 0 fully saturated rings. The van der Waals surface area contributed by atoms with Crippen molar-refractivity contribution in [3.8, 4) is 22.9 Å². The fourth-order valence-corrected chi connectivity index (χ4v) is 2.68. The zero-order chi connectivity index (χ0) is 16.9. The highest BCUT2D eigenvalue weighted by Gasteiger charge is 2.10. The van der Waals surface area contributed by atoms with Crippen molar-refractivity contribution in [1.82, 2.24) is 9.97 Å². The van der Waals surface area contributed by atoms with Gasteiger partial charge in [-0.25, -0.2) is 9.97 Å². The lowest BCUT2D eigenvalue weighted by Gasteiger charge is -2.12. The zero-order valence-corrected chi connectivity index (χ0v) is 13.8. The molecule has 3 aromatic rings. The molecule has 4 nitrogen and oxygen atoms in total. The van der Waals surface area contributed by atoms with Crippen LogP contribution in [0, 0.1) is 0 Å². The molecule has 2 aromatic carbocycles. The predicted octanol–water partition coefficient (Wildman–Crippen LogP) is 4.20. The molecular weight excluding hydrogens is 300 g/mol. The van der Waals surface area contributed by atoms with Crippen molar-refractivity contribution in [1.29, 1.82) is 0 Å². The molecule has 1 atom stereocenters. The highest BCUT2D eigenvalue weighted by atomic mass is 16.5. The summed E-state index contributed by atoms with van der Waals surface area (Å²) in [5, 5.41) is 9.72. The van der Waals surface area contributed by atoms with Gasteiger partial charge in [0.15, 0.2) is 17.3 Å². The van der Waals surface area contributed by atoms with Crippen molar-refractivity contribution >= 4 is 0 Å². The van der Waals surface area contributed by atoms with Crippen molar-refractivity contribution in [2.75, 3.05) is 7.11 Å². The van der Waals surface area contributed by atoms with Gasteiger partial charge in [-0.3, -0.25) is 0 Å². The summed E-state index contributed by atoms with van der Waals surface area (Å²) in [5.41, 5.74) is 3.10. The van der Waals surface area contributed by atoms with Gasteiger partial charge in [-0.05, 0) is 42.2 Å². The third-order valence-electron chi connectivity index (χ3n) is 4.04. The van der Waals surface area contributed by atoms with Gasteiger partial charge in [-0.1, -0.05) is 37.3 Å². The molecule has 0 spiro atoms. The summed E-state index contributed by atoms with van der Waals surface area (Å²) < 4.78 is 5.15. The SMILES string of the molecule is COc1cc(-c2nccc(C[C@@H](C)c3ccccc3)n2)ccc1O. The van der Waals surface area contributed by atoms with Crippen LogP contribution in [0.25, 0.3) is 11.4 Å². The summed E-state index contributed by atoms with van der Waals surface area (Å²) >= 11 is 0. The van der Waals surface area contributed by atoms with E-state index in [4.69, 9.17) is 4.74 Å². The molecule has 3 rings (SSSR count). The first-order valence-corrected chi connectivity index (χ1v) is 7.91. The van der Waals surface area contributed by atoms with Crippen molar-refractivity contribution in [3.63, 3.8) is 0 Å². The Morgan fingerprint density at radius 1 is 1.08 bits per heavy atom. The van der Waals surface area contributed by atoms with Crippen LogP contribution in [0.5, 0.6) is 11.5 Å². The zero-order valence-electron chi connectivity index (χ0n) is 13.8. The average Bonchev–Trinajstić information content (AvgIpc) is 2.63. The van der Waals surface area contributed by atoms with E-state index in [1.807, 2.05) is 12.1 Å². The standard InChI is InChI=1S/C20H20N2O2/c1-14(15-6-4-3-5-7-15)12-17-10-11-21-20(22-17)16-8-9-18(23)19(13-16)24-2/h3-11,13-14,23H,12H2,1-2H3/t14-/m1/s1. The topological polar surface area (TPSA) is 55.2 Å². The van der Waals surface area contributed by atoms with Gasteiger partial charge in [0.1, 0.15) is 0 Å². The van der Waals surface area contributed by atoms with Crippen molar-refractivity contribution in [3.05, 3.63) is 72.1 Å². The van der Waals surface area contributed by atoms with Gasteiger partial charge >= 0.3 is 0 Å². The van der Waals surface area contributed by atoms with Crippen molar-refractivity contribution < 1.29 is 9.84 Å². The first-order chi connectivity index (χ1) is 11.7. The van der Waals surface area contributed by atoms with Gasteiger partial charge in [0, 0.05) is 17.5 Å². The fraction of sp³-hybridized carbons (Fsp3) is 0.200. The van der Waals surface area contributed by atoms with Crippen LogP contribution >= 0.6 is 0 Å². The molecule has 1 aromatic heterocycles. The molecule has 1 N–H and O–H groups in total. The number of phenolic OH excluding ortho intramolecular Hbond substituents is 1. The van der Waals surface area contributed by atoms with Gasteiger partial charge in [0.25, 0.3) is 0 Å². The molecule has 24 heavy (non-hydrogen) atoms. The molecule has 0 saturated carbocycles. The van der Waals surface area contributed by atoms with Gasteiger partial charge in [-0.15, -0.1) is 0 Å². The third-order valence-corrected chi connectivity index (χ3v) is 4.04. The molecule has 122 valence electrons. The number of aromatic hydroxyl groups is 1. The monoisotopic (exact) mass is 320 g/mol. The molecule has 0 aliphatic rings. The van der Waals surface area contributed by atoms with E-state index in [2.05, 4.69) is 41.2 Å². The number of ether oxygens (including phenoxy) is 1. The van der Waals surface area contributed by atoms with Gasteiger partial charge in [0.2, 0.25) is 0 Å². The smallest absolute Gasteiger partial charge is 0.161 e. The minimum atomic E-state index is 0.107. The summed E-state index contributed by atoms with van der Waals surface area (Å²) in [6.45, 7) is 2.20. The fourth-order valence-electron chi connectivity index (χ4n) is 2.68. The molecule has 4 heteroatoms. The van der Waals surface area contributed by atoms with Crippen LogP contribution in [-0.2, 0) is 6.42 Å². The maximum absolute atomic E-state index is 9.72. The molecular formula is C20H20N2O2. The number of hydrogen-bond donors (Lipinski definition) is 1.